The normalized spacial score (nSPS) is 10.2. The number of nitro groups is 1. The van der Waals surface area contributed by atoms with Crippen molar-refractivity contribution in [2.45, 2.75) is 0 Å². The van der Waals surface area contributed by atoms with Gasteiger partial charge in [-0.05, 0) is 24.3 Å². The van der Waals surface area contributed by atoms with Gasteiger partial charge in [-0.25, -0.2) is 8.78 Å². The summed E-state index contributed by atoms with van der Waals surface area (Å²) in [5, 5.41) is 12.8. The summed E-state index contributed by atoms with van der Waals surface area (Å²) in [4.78, 5) is 22.0. The molecule has 0 fully saturated rings. The summed E-state index contributed by atoms with van der Waals surface area (Å²) < 4.78 is 26.7. The van der Waals surface area contributed by atoms with Crippen LogP contribution in [0, 0.1) is 21.7 Å². The zero-order chi connectivity index (χ0) is 15.6. The van der Waals surface area contributed by atoms with E-state index in [9.17, 15) is 23.7 Å². The number of hydrogen-bond acceptors (Lipinski definition) is 3. The highest BCUT2D eigenvalue weighted by Crippen LogP contribution is 2.27. The van der Waals surface area contributed by atoms with Crippen LogP contribution < -0.4 is 5.32 Å². The molecule has 0 heterocycles. The van der Waals surface area contributed by atoms with Crippen molar-refractivity contribution in [1.82, 2.24) is 0 Å². The minimum atomic E-state index is -1.03. The van der Waals surface area contributed by atoms with E-state index >= 15 is 0 Å². The van der Waals surface area contributed by atoms with Crippen LogP contribution in [0.2, 0.25) is 5.02 Å². The number of amides is 1. The number of carbonyl (C=O) groups excluding carboxylic acids is 1. The molecule has 21 heavy (non-hydrogen) atoms. The van der Waals surface area contributed by atoms with E-state index in [2.05, 4.69) is 5.32 Å². The molecule has 0 aliphatic rings. The molecular weight excluding hydrogens is 306 g/mol. The van der Waals surface area contributed by atoms with Crippen molar-refractivity contribution < 1.29 is 18.5 Å². The van der Waals surface area contributed by atoms with Crippen LogP contribution >= 0.6 is 11.6 Å². The first-order valence-electron chi connectivity index (χ1n) is 5.59. The largest absolute Gasteiger partial charge is 0.318 e. The van der Waals surface area contributed by atoms with E-state index in [-0.39, 0.29) is 10.7 Å². The Labute approximate surface area is 122 Å². The topological polar surface area (TPSA) is 72.2 Å². The summed E-state index contributed by atoms with van der Waals surface area (Å²) in [5.41, 5.74) is -1.46. The monoisotopic (exact) mass is 312 g/mol. The van der Waals surface area contributed by atoms with Crippen molar-refractivity contribution in [3.63, 3.8) is 0 Å². The van der Waals surface area contributed by atoms with Crippen LogP contribution in [0.3, 0.4) is 0 Å². The van der Waals surface area contributed by atoms with E-state index in [0.29, 0.717) is 6.07 Å². The van der Waals surface area contributed by atoms with Gasteiger partial charge in [0.2, 0.25) is 0 Å². The zero-order valence-electron chi connectivity index (χ0n) is 10.3. The first kappa shape index (κ1) is 14.9. The number of rotatable bonds is 3. The molecule has 0 spiro atoms. The lowest BCUT2D eigenvalue weighted by Crippen LogP contribution is -2.15. The number of nitro benzene ring substituents is 1. The fraction of sp³-hybridized carbons (Fsp3) is 0. The lowest BCUT2D eigenvalue weighted by molar-refractivity contribution is -0.385. The Morgan fingerprint density at radius 2 is 1.95 bits per heavy atom. The van der Waals surface area contributed by atoms with Gasteiger partial charge in [0, 0.05) is 6.07 Å². The Morgan fingerprint density at radius 1 is 1.24 bits per heavy atom. The van der Waals surface area contributed by atoms with Gasteiger partial charge in [0.1, 0.15) is 17.2 Å². The Balaban J connectivity index is 2.41. The molecule has 1 amide bonds. The Hall–Kier alpha value is -2.54. The molecule has 0 unspecified atom stereocenters. The smallest absolute Gasteiger partial charge is 0.282 e. The van der Waals surface area contributed by atoms with Crippen molar-refractivity contribution in [3.8, 4) is 0 Å². The van der Waals surface area contributed by atoms with Crippen molar-refractivity contribution in [2.75, 3.05) is 5.32 Å². The predicted molar refractivity (Wildman–Crippen MR) is 72.4 cm³/mol. The number of benzene rings is 2. The average Bonchev–Trinajstić information content (AvgIpc) is 2.42. The van der Waals surface area contributed by atoms with E-state index in [4.69, 9.17) is 11.6 Å². The predicted octanol–water partition coefficient (Wildman–Crippen LogP) is 3.78. The van der Waals surface area contributed by atoms with Gasteiger partial charge in [0.15, 0.2) is 0 Å². The van der Waals surface area contributed by atoms with E-state index in [1.54, 1.807) is 0 Å². The first-order valence-corrected chi connectivity index (χ1v) is 5.97. The van der Waals surface area contributed by atoms with Gasteiger partial charge in [-0.1, -0.05) is 17.7 Å². The fourth-order valence-corrected chi connectivity index (χ4v) is 1.86. The highest BCUT2D eigenvalue weighted by molar-refractivity contribution is 6.34. The van der Waals surface area contributed by atoms with Gasteiger partial charge in [0.05, 0.1) is 15.6 Å². The molecule has 0 atom stereocenters. The maximum Gasteiger partial charge on any atom is 0.282 e. The summed E-state index contributed by atoms with van der Waals surface area (Å²) in [7, 11) is 0. The molecule has 0 aromatic heterocycles. The lowest BCUT2D eigenvalue weighted by atomic mass is 10.1. The fourth-order valence-electron chi connectivity index (χ4n) is 1.65. The van der Waals surface area contributed by atoms with Crippen LogP contribution in [0.15, 0.2) is 36.4 Å². The Bertz CT molecular complexity index is 717. The lowest BCUT2D eigenvalue weighted by Gasteiger charge is -2.08. The zero-order valence-corrected chi connectivity index (χ0v) is 11.0. The molecular formula is C13H7ClF2N2O3. The summed E-state index contributed by atoms with van der Waals surface area (Å²) in [6, 6.07) is 6.13. The number of carbonyl (C=O) groups is 1. The van der Waals surface area contributed by atoms with Gasteiger partial charge >= 0.3 is 0 Å². The van der Waals surface area contributed by atoms with Gasteiger partial charge < -0.3 is 5.32 Å². The van der Waals surface area contributed by atoms with Crippen LogP contribution in [0.1, 0.15) is 10.4 Å². The maximum atomic E-state index is 13.6. The van der Waals surface area contributed by atoms with Crippen molar-refractivity contribution in [1.29, 1.82) is 0 Å². The molecule has 0 aliphatic heterocycles. The molecule has 8 heteroatoms. The summed E-state index contributed by atoms with van der Waals surface area (Å²) in [5.74, 6) is -2.67. The third-order valence-corrected chi connectivity index (χ3v) is 2.92. The van der Waals surface area contributed by atoms with Crippen LogP contribution in [0.4, 0.5) is 20.2 Å². The van der Waals surface area contributed by atoms with Gasteiger partial charge in [0.25, 0.3) is 11.6 Å². The van der Waals surface area contributed by atoms with Crippen molar-refractivity contribution in [2.24, 2.45) is 0 Å². The van der Waals surface area contributed by atoms with E-state index < -0.39 is 33.7 Å². The third-order valence-electron chi connectivity index (χ3n) is 2.60. The summed E-state index contributed by atoms with van der Waals surface area (Å²) in [6.45, 7) is 0. The molecule has 0 saturated carbocycles. The second-order valence-electron chi connectivity index (χ2n) is 3.97. The first-order chi connectivity index (χ1) is 9.90. The van der Waals surface area contributed by atoms with Gasteiger partial charge in [-0.15, -0.1) is 0 Å². The van der Waals surface area contributed by atoms with Crippen LogP contribution in [0.5, 0.6) is 0 Å². The molecule has 0 saturated heterocycles. The van der Waals surface area contributed by atoms with Gasteiger partial charge in [-0.2, -0.15) is 0 Å². The molecule has 1 N–H and O–H groups in total. The van der Waals surface area contributed by atoms with E-state index in [1.807, 2.05) is 0 Å². The Morgan fingerprint density at radius 3 is 2.57 bits per heavy atom. The Kier molecular flexibility index (Phi) is 4.13. The maximum absolute atomic E-state index is 13.6. The average molecular weight is 313 g/mol. The molecule has 0 aliphatic carbocycles. The quantitative estimate of drug-likeness (QED) is 0.692. The molecule has 108 valence electrons. The number of para-hydroxylation sites is 1. The van der Waals surface area contributed by atoms with Crippen LogP contribution in [-0.4, -0.2) is 10.8 Å². The second kappa shape index (κ2) is 5.84. The van der Waals surface area contributed by atoms with E-state index in [0.717, 1.165) is 18.2 Å². The standard InChI is InChI=1S/C13H7ClF2N2O3/c14-9-2-1-3-10(16)12(9)17-13(19)8-6-7(15)4-5-11(8)18(20)21/h1-6H,(H,17,19). The summed E-state index contributed by atoms with van der Waals surface area (Å²) >= 11 is 5.73. The number of halogens is 3. The highest BCUT2D eigenvalue weighted by atomic mass is 35.5. The molecule has 2 aromatic carbocycles. The molecule has 5 nitrogen and oxygen atoms in total. The molecule has 2 rings (SSSR count). The molecule has 0 bridgehead atoms. The van der Waals surface area contributed by atoms with Gasteiger partial charge in [-0.3, -0.25) is 14.9 Å². The third kappa shape index (κ3) is 3.14. The molecule has 0 radical (unpaired) electrons. The minimum Gasteiger partial charge on any atom is -0.318 e. The number of nitrogens with one attached hydrogen (secondary N) is 1. The summed E-state index contributed by atoms with van der Waals surface area (Å²) in [6.07, 6.45) is 0. The highest BCUT2D eigenvalue weighted by Gasteiger charge is 2.22. The van der Waals surface area contributed by atoms with E-state index in [1.165, 1.54) is 12.1 Å². The number of hydrogen-bond donors (Lipinski definition) is 1. The molecule has 2 aromatic rings. The SMILES string of the molecule is O=C(Nc1c(F)cccc1Cl)c1cc(F)ccc1[N+](=O)[O-]. The minimum absolute atomic E-state index is 0.0811. The number of nitrogens with zero attached hydrogens (tertiary/aromatic N) is 1. The number of anilines is 1. The van der Waals surface area contributed by atoms with Crippen LogP contribution in [-0.2, 0) is 0 Å². The van der Waals surface area contributed by atoms with Crippen molar-refractivity contribution in [3.05, 3.63) is 68.7 Å². The van der Waals surface area contributed by atoms with Crippen LogP contribution in [0.25, 0.3) is 0 Å². The van der Waals surface area contributed by atoms with Crippen molar-refractivity contribution >= 4 is 28.9 Å². The second-order valence-corrected chi connectivity index (χ2v) is 4.38.